The number of ketones is 1. The van der Waals surface area contributed by atoms with Gasteiger partial charge in [-0.25, -0.2) is 4.68 Å². The second-order valence-electron chi connectivity index (χ2n) is 3.68. The van der Waals surface area contributed by atoms with Gasteiger partial charge in [0.1, 0.15) is 5.69 Å². The monoisotopic (exact) mass is 230 g/mol. The van der Waals surface area contributed by atoms with E-state index < -0.39 is 0 Å². The molecule has 2 aromatic rings. The van der Waals surface area contributed by atoms with E-state index in [0.29, 0.717) is 25.1 Å². The summed E-state index contributed by atoms with van der Waals surface area (Å²) >= 11 is 0. The molecule has 0 saturated carbocycles. The summed E-state index contributed by atoms with van der Waals surface area (Å²) in [6, 6.07) is 9.47. The minimum Gasteiger partial charge on any atom is -0.330 e. The van der Waals surface area contributed by atoms with Crippen LogP contribution in [0.5, 0.6) is 0 Å². The zero-order chi connectivity index (χ0) is 12.1. The Morgan fingerprint density at radius 1 is 1.29 bits per heavy atom. The fraction of sp³-hybridized carbons (Fsp3) is 0.250. The SMILES string of the molecule is NCCCC(=O)c1cnnn1-c1ccccc1. The molecular formula is C12H14N4O. The van der Waals surface area contributed by atoms with Crippen LogP contribution in [0.2, 0.25) is 0 Å². The Hall–Kier alpha value is -2.01. The number of hydrogen-bond donors (Lipinski definition) is 1. The molecule has 5 heteroatoms. The van der Waals surface area contributed by atoms with Crippen molar-refractivity contribution in [2.24, 2.45) is 5.73 Å². The predicted octanol–water partition coefficient (Wildman–Crippen LogP) is 1.19. The van der Waals surface area contributed by atoms with Gasteiger partial charge in [-0.3, -0.25) is 4.79 Å². The van der Waals surface area contributed by atoms with E-state index in [1.165, 1.54) is 6.20 Å². The summed E-state index contributed by atoms with van der Waals surface area (Å²) in [4.78, 5) is 11.9. The molecule has 0 aliphatic carbocycles. The van der Waals surface area contributed by atoms with Crippen LogP contribution in [0.3, 0.4) is 0 Å². The lowest BCUT2D eigenvalue weighted by atomic mass is 10.1. The molecule has 2 N–H and O–H groups in total. The normalized spacial score (nSPS) is 10.4. The summed E-state index contributed by atoms with van der Waals surface area (Å²) < 4.78 is 1.55. The second-order valence-corrected chi connectivity index (χ2v) is 3.68. The van der Waals surface area contributed by atoms with Gasteiger partial charge >= 0.3 is 0 Å². The first-order valence-corrected chi connectivity index (χ1v) is 5.52. The Morgan fingerprint density at radius 2 is 2.06 bits per heavy atom. The van der Waals surface area contributed by atoms with E-state index in [0.717, 1.165) is 5.69 Å². The third-order valence-corrected chi connectivity index (χ3v) is 2.44. The molecule has 0 amide bonds. The van der Waals surface area contributed by atoms with Crippen LogP contribution in [0, 0.1) is 0 Å². The van der Waals surface area contributed by atoms with Gasteiger partial charge in [0.25, 0.3) is 0 Å². The fourth-order valence-corrected chi connectivity index (χ4v) is 1.58. The largest absolute Gasteiger partial charge is 0.330 e. The molecule has 0 radical (unpaired) electrons. The van der Waals surface area contributed by atoms with Crippen molar-refractivity contribution in [2.45, 2.75) is 12.8 Å². The van der Waals surface area contributed by atoms with Gasteiger partial charge in [0, 0.05) is 6.42 Å². The maximum Gasteiger partial charge on any atom is 0.183 e. The molecule has 17 heavy (non-hydrogen) atoms. The van der Waals surface area contributed by atoms with Gasteiger partial charge in [-0.1, -0.05) is 23.4 Å². The number of para-hydroxylation sites is 1. The molecule has 0 fully saturated rings. The van der Waals surface area contributed by atoms with Gasteiger partial charge in [-0.05, 0) is 25.1 Å². The van der Waals surface area contributed by atoms with E-state index in [1.54, 1.807) is 4.68 Å². The number of Topliss-reactive ketones (excluding diaryl/α,β-unsaturated/α-hetero) is 1. The summed E-state index contributed by atoms with van der Waals surface area (Å²) in [6.07, 6.45) is 2.60. The van der Waals surface area contributed by atoms with E-state index in [4.69, 9.17) is 5.73 Å². The van der Waals surface area contributed by atoms with E-state index in [1.807, 2.05) is 30.3 Å². The lowest BCUT2D eigenvalue weighted by Crippen LogP contribution is -2.10. The third kappa shape index (κ3) is 2.57. The van der Waals surface area contributed by atoms with Crippen LogP contribution in [0.25, 0.3) is 5.69 Å². The highest BCUT2D eigenvalue weighted by atomic mass is 16.1. The number of nitrogens with zero attached hydrogens (tertiary/aromatic N) is 3. The van der Waals surface area contributed by atoms with Gasteiger partial charge in [-0.15, -0.1) is 5.10 Å². The Balaban J connectivity index is 2.26. The molecule has 2 rings (SSSR count). The van der Waals surface area contributed by atoms with Crippen molar-refractivity contribution >= 4 is 5.78 Å². The Morgan fingerprint density at radius 3 is 2.76 bits per heavy atom. The summed E-state index contributed by atoms with van der Waals surface area (Å²) in [5.41, 5.74) is 6.73. The standard InChI is InChI=1S/C12H14N4O/c13-8-4-7-12(17)11-9-14-15-16(11)10-5-2-1-3-6-10/h1-3,5-6,9H,4,7-8,13H2. The molecular weight excluding hydrogens is 216 g/mol. The topological polar surface area (TPSA) is 73.8 Å². The van der Waals surface area contributed by atoms with Crippen LogP contribution in [0.1, 0.15) is 23.3 Å². The smallest absolute Gasteiger partial charge is 0.183 e. The maximum atomic E-state index is 11.9. The Kier molecular flexibility index (Phi) is 3.62. The van der Waals surface area contributed by atoms with Crippen LogP contribution in [-0.2, 0) is 0 Å². The van der Waals surface area contributed by atoms with Crippen LogP contribution in [0.4, 0.5) is 0 Å². The van der Waals surface area contributed by atoms with Gasteiger partial charge in [0.2, 0.25) is 0 Å². The molecule has 0 unspecified atom stereocenters. The molecule has 5 nitrogen and oxygen atoms in total. The molecule has 0 atom stereocenters. The van der Waals surface area contributed by atoms with Gasteiger partial charge in [0.05, 0.1) is 11.9 Å². The van der Waals surface area contributed by atoms with E-state index >= 15 is 0 Å². The number of aromatic nitrogens is 3. The Labute approximate surface area is 99.2 Å². The summed E-state index contributed by atoms with van der Waals surface area (Å²) in [7, 11) is 0. The highest BCUT2D eigenvalue weighted by molar-refractivity contribution is 5.94. The fourth-order valence-electron chi connectivity index (χ4n) is 1.58. The minimum atomic E-state index is 0.0179. The number of nitrogens with two attached hydrogens (primary N) is 1. The average Bonchev–Trinajstić information content (AvgIpc) is 2.86. The number of benzene rings is 1. The van der Waals surface area contributed by atoms with Crippen molar-refractivity contribution in [3.63, 3.8) is 0 Å². The van der Waals surface area contributed by atoms with Crippen molar-refractivity contribution in [1.82, 2.24) is 15.0 Å². The second kappa shape index (κ2) is 5.36. The third-order valence-electron chi connectivity index (χ3n) is 2.44. The van der Waals surface area contributed by atoms with Crippen molar-refractivity contribution < 1.29 is 4.79 Å². The molecule has 88 valence electrons. The van der Waals surface area contributed by atoms with Crippen LogP contribution < -0.4 is 5.73 Å². The molecule has 0 aliphatic heterocycles. The van der Waals surface area contributed by atoms with Gasteiger partial charge in [-0.2, -0.15) is 0 Å². The first-order chi connectivity index (χ1) is 8.33. The zero-order valence-corrected chi connectivity index (χ0v) is 9.41. The van der Waals surface area contributed by atoms with Crippen LogP contribution in [0.15, 0.2) is 36.5 Å². The Bertz CT molecular complexity index is 492. The van der Waals surface area contributed by atoms with Crippen LogP contribution in [-0.4, -0.2) is 27.3 Å². The van der Waals surface area contributed by atoms with E-state index in [9.17, 15) is 4.79 Å². The highest BCUT2D eigenvalue weighted by Crippen LogP contribution is 2.10. The van der Waals surface area contributed by atoms with Gasteiger partial charge < -0.3 is 5.73 Å². The molecule has 0 aliphatic rings. The quantitative estimate of drug-likeness (QED) is 0.783. The van der Waals surface area contributed by atoms with Crippen molar-refractivity contribution in [2.75, 3.05) is 6.54 Å². The lowest BCUT2D eigenvalue weighted by Gasteiger charge is -2.04. The first kappa shape index (κ1) is 11.5. The predicted molar refractivity (Wildman–Crippen MR) is 64.0 cm³/mol. The summed E-state index contributed by atoms with van der Waals surface area (Å²) in [5, 5.41) is 7.72. The molecule has 1 aromatic carbocycles. The van der Waals surface area contributed by atoms with Crippen LogP contribution >= 0.6 is 0 Å². The number of carbonyl (C=O) groups excluding carboxylic acids is 1. The van der Waals surface area contributed by atoms with E-state index in [-0.39, 0.29) is 5.78 Å². The number of carbonyl (C=O) groups is 1. The van der Waals surface area contributed by atoms with Gasteiger partial charge in [0.15, 0.2) is 5.78 Å². The van der Waals surface area contributed by atoms with Crippen molar-refractivity contribution in [1.29, 1.82) is 0 Å². The molecule has 0 spiro atoms. The average molecular weight is 230 g/mol. The molecule has 0 bridgehead atoms. The summed E-state index contributed by atoms with van der Waals surface area (Å²) in [6.45, 7) is 0.513. The minimum absolute atomic E-state index is 0.0179. The molecule has 1 heterocycles. The number of rotatable bonds is 5. The lowest BCUT2D eigenvalue weighted by molar-refractivity contribution is 0.0973. The maximum absolute atomic E-state index is 11.9. The number of hydrogen-bond acceptors (Lipinski definition) is 4. The first-order valence-electron chi connectivity index (χ1n) is 5.52. The van der Waals surface area contributed by atoms with Crippen molar-refractivity contribution in [3.05, 3.63) is 42.2 Å². The highest BCUT2D eigenvalue weighted by Gasteiger charge is 2.13. The molecule has 1 aromatic heterocycles. The van der Waals surface area contributed by atoms with Crippen molar-refractivity contribution in [3.8, 4) is 5.69 Å². The van der Waals surface area contributed by atoms with E-state index in [2.05, 4.69) is 10.3 Å². The zero-order valence-electron chi connectivity index (χ0n) is 9.41. The summed E-state index contributed by atoms with van der Waals surface area (Å²) in [5.74, 6) is 0.0179. The molecule has 0 saturated heterocycles.